The zero-order valence-electron chi connectivity index (χ0n) is 15.3. The number of benzene rings is 1. The summed E-state index contributed by atoms with van der Waals surface area (Å²) in [5.74, 6) is 0.0785. The maximum Gasteiger partial charge on any atom is 0.264 e. The van der Waals surface area contributed by atoms with E-state index in [9.17, 15) is 13.5 Å². The molecule has 11 heteroatoms. The summed E-state index contributed by atoms with van der Waals surface area (Å²) in [7, 11) is -3.98. The third-order valence-electron chi connectivity index (χ3n) is 3.62. The van der Waals surface area contributed by atoms with Crippen LogP contribution in [0.3, 0.4) is 0 Å². The number of hydrogen-bond donors (Lipinski definition) is 2. The third-order valence-corrected chi connectivity index (χ3v) is 4.89. The number of phenolic OH excluding ortho intramolecular Hbond substituents is 1. The number of halogens is 1. The zero-order valence-corrected chi connectivity index (χ0v) is 19.2. The number of rotatable bonds is 9. The van der Waals surface area contributed by atoms with Crippen LogP contribution in [0.15, 0.2) is 51.2 Å². The predicted octanol–water partition coefficient (Wildman–Crippen LogP) is 4.46. The van der Waals surface area contributed by atoms with Crippen LogP contribution in [0.4, 0.5) is 17.2 Å². The standard InChI is InChI=1S/C17H21BrN4O4S.Ti/c1-2-8-22(9-3-10-27(24,25)26)14-5-6-15(16(23)11-14)20-21-17-7-4-13(18)12-19-17;/h4-7,11-12,23H,2-3,8-10H2,1H3,(H,24,25,26);. The molecule has 0 unspecified atom stereocenters. The molecular weight excluding hydrogens is 484 g/mol. The summed E-state index contributed by atoms with van der Waals surface area (Å²) in [6.45, 7) is 3.13. The van der Waals surface area contributed by atoms with Crippen molar-refractivity contribution in [1.29, 1.82) is 0 Å². The van der Waals surface area contributed by atoms with E-state index in [2.05, 4.69) is 31.1 Å². The molecule has 0 bridgehead atoms. The van der Waals surface area contributed by atoms with E-state index >= 15 is 0 Å². The maximum atomic E-state index is 10.9. The van der Waals surface area contributed by atoms with Gasteiger partial charge in [-0.25, -0.2) is 4.98 Å². The van der Waals surface area contributed by atoms with Crippen molar-refractivity contribution < 1.29 is 39.8 Å². The van der Waals surface area contributed by atoms with Gasteiger partial charge in [0.1, 0.15) is 11.4 Å². The Morgan fingerprint density at radius 1 is 1.18 bits per heavy atom. The molecule has 0 amide bonds. The first-order valence-corrected chi connectivity index (χ1v) is 10.7. The van der Waals surface area contributed by atoms with Crippen LogP contribution in [0.25, 0.3) is 0 Å². The van der Waals surface area contributed by atoms with Gasteiger partial charge in [0.25, 0.3) is 10.1 Å². The fourth-order valence-electron chi connectivity index (χ4n) is 2.40. The van der Waals surface area contributed by atoms with Crippen molar-refractivity contribution in [1.82, 2.24) is 4.98 Å². The average Bonchev–Trinajstić information content (AvgIpc) is 2.60. The quantitative estimate of drug-likeness (QED) is 0.296. The van der Waals surface area contributed by atoms with Crippen molar-refractivity contribution in [2.75, 3.05) is 23.7 Å². The van der Waals surface area contributed by atoms with Crippen LogP contribution in [-0.4, -0.2) is 41.9 Å². The average molecular weight is 505 g/mol. The summed E-state index contributed by atoms with van der Waals surface area (Å²) in [6, 6.07) is 8.47. The summed E-state index contributed by atoms with van der Waals surface area (Å²) in [6.07, 6.45) is 2.74. The smallest absolute Gasteiger partial charge is 0.264 e. The van der Waals surface area contributed by atoms with Crippen LogP contribution in [0.1, 0.15) is 19.8 Å². The minimum atomic E-state index is -3.98. The van der Waals surface area contributed by atoms with Gasteiger partial charge in [-0.2, -0.15) is 8.42 Å². The fraction of sp³-hybridized carbons (Fsp3) is 0.353. The summed E-state index contributed by atoms with van der Waals surface area (Å²) in [5, 5.41) is 18.2. The molecule has 0 aliphatic carbocycles. The van der Waals surface area contributed by atoms with Crippen molar-refractivity contribution in [3.63, 3.8) is 0 Å². The number of hydrogen-bond acceptors (Lipinski definition) is 7. The molecule has 0 aliphatic rings. The summed E-state index contributed by atoms with van der Waals surface area (Å²) in [5.41, 5.74) is 1.04. The van der Waals surface area contributed by atoms with E-state index in [-0.39, 0.29) is 39.6 Å². The van der Waals surface area contributed by atoms with E-state index in [0.717, 1.165) is 16.6 Å². The number of phenols is 1. The Kier molecular flexibility index (Phi) is 10.3. The van der Waals surface area contributed by atoms with Crippen molar-refractivity contribution in [2.45, 2.75) is 19.8 Å². The molecule has 1 aromatic heterocycles. The molecule has 0 aliphatic heterocycles. The number of anilines is 1. The van der Waals surface area contributed by atoms with Crippen LogP contribution in [0, 0.1) is 0 Å². The van der Waals surface area contributed by atoms with Crippen LogP contribution >= 0.6 is 15.9 Å². The molecule has 0 spiro atoms. The molecule has 1 heterocycles. The number of aromatic hydroxyl groups is 1. The Balaban J connectivity index is 0.00000392. The van der Waals surface area contributed by atoms with Crippen LogP contribution in [-0.2, 0) is 31.8 Å². The van der Waals surface area contributed by atoms with Gasteiger partial charge in [0, 0.05) is 57.2 Å². The number of pyridine rings is 1. The van der Waals surface area contributed by atoms with E-state index in [4.69, 9.17) is 4.55 Å². The van der Waals surface area contributed by atoms with E-state index in [1.54, 1.807) is 36.5 Å². The monoisotopic (exact) mass is 504 g/mol. The molecule has 1 aromatic carbocycles. The third kappa shape index (κ3) is 8.36. The zero-order chi connectivity index (χ0) is 19.9. The molecule has 0 atom stereocenters. The van der Waals surface area contributed by atoms with E-state index < -0.39 is 10.1 Å². The molecule has 0 saturated heterocycles. The van der Waals surface area contributed by atoms with Gasteiger partial charge in [-0.15, -0.1) is 10.2 Å². The van der Waals surface area contributed by atoms with Gasteiger partial charge in [-0.05, 0) is 53.0 Å². The SMILES string of the molecule is CCCN(CCCS(=O)(=O)O)c1ccc(N=Nc2ccc(Br)cn2)c(O)c1.[Ti]. The second-order valence-corrected chi connectivity index (χ2v) is 8.32. The minimum absolute atomic E-state index is 0. The molecule has 2 aromatic rings. The summed E-state index contributed by atoms with van der Waals surface area (Å²) < 4.78 is 31.5. The Morgan fingerprint density at radius 3 is 2.50 bits per heavy atom. The van der Waals surface area contributed by atoms with Crippen LogP contribution in [0.5, 0.6) is 5.75 Å². The summed E-state index contributed by atoms with van der Waals surface area (Å²) in [4.78, 5) is 6.03. The molecule has 0 fully saturated rings. The normalized spacial score (nSPS) is 11.4. The van der Waals surface area contributed by atoms with E-state index in [1.807, 2.05) is 11.8 Å². The minimum Gasteiger partial charge on any atom is -0.506 e. The van der Waals surface area contributed by atoms with Crippen LogP contribution < -0.4 is 4.90 Å². The van der Waals surface area contributed by atoms with Gasteiger partial charge in [-0.3, -0.25) is 4.55 Å². The Hall–Kier alpha value is -1.33. The second-order valence-electron chi connectivity index (χ2n) is 5.83. The van der Waals surface area contributed by atoms with Gasteiger partial charge in [-0.1, -0.05) is 6.92 Å². The van der Waals surface area contributed by atoms with Gasteiger partial charge < -0.3 is 10.0 Å². The molecular formula is C17H21BrN4O4STi. The van der Waals surface area contributed by atoms with Gasteiger partial charge in [0.15, 0.2) is 5.82 Å². The first-order valence-electron chi connectivity index (χ1n) is 8.35. The predicted molar refractivity (Wildman–Crippen MR) is 108 cm³/mol. The van der Waals surface area contributed by atoms with E-state index in [0.29, 0.717) is 24.6 Å². The second kappa shape index (κ2) is 11.6. The number of aromatic nitrogens is 1. The molecule has 0 saturated carbocycles. The molecule has 2 N–H and O–H groups in total. The molecule has 8 nitrogen and oxygen atoms in total. The molecule has 2 rings (SSSR count). The van der Waals surface area contributed by atoms with Crippen molar-refractivity contribution in [2.24, 2.45) is 10.2 Å². The van der Waals surface area contributed by atoms with Crippen molar-refractivity contribution >= 4 is 43.2 Å². The molecule has 150 valence electrons. The largest absolute Gasteiger partial charge is 0.506 e. The van der Waals surface area contributed by atoms with Gasteiger partial charge in [0.05, 0.1) is 5.75 Å². The first kappa shape index (κ1) is 24.7. The number of nitrogens with zero attached hydrogens (tertiary/aromatic N) is 4. The van der Waals surface area contributed by atoms with Gasteiger partial charge in [0.2, 0.25) is 0 Å². The topological polar surface area (TPSA) is 115 Å². The molecule has 0 radical (unpaired) electrons. The van der Waals surface area contributed by atoms with Crippen molar-refractivity contribution in [3.05, 3.63) is 41.0 Å². The first-order chi connectivity index (χ1) is 12.8. The fourth-order valence-corrected chi connectivity index (χ4v) is 3.13. The van der Waals surface area contributed by atoms with E-state index in [1.165, 1.54) is 0 Å². The van der Waals surface area contributed by atoms with Crippen molar-refractivity contribution in [3.8, 4) is 5.75 Å². The summed E-state index contributed by atoms with van der Waals surface area (Å²) >= 11 is 3.29. The Bertz CT molecular complexity index is 895. The van der Waals surface area contributed by atoms with Crippen LogP contribution in [0.2, 0.25) is 0 Å². The number of azo groups is 1. The van der Waals surface area contributed by atoms with Gasteiger partial charge >= 0.3 is 0 Å². The maximum absolute atomic E-state index is 10.9. The molecule has 28 heavy (non-hydrogen) atoms. The Morgan fingerprint density at radius 2 is 1.93 bits per heavy atom. The Labute approximate surface area is 187 Å².